The largest absolute Gasteiger partial charge is 0.426 e. The topological polar surface area (TPSA) is 78.4 Å². The summed E-state index contributed by atoms with van der Waals surface area (Å²) in [6.07, 6.45) is 2.88. The van der Waals surface area contributed by atoms with Crippen LogP contribution in [-0.4, -0.2) is 21.9 Å². The minimum Gasteiger partial charge on any atom is -0.426 e. The highest BCUT2D eigenvalue weighted by Gasteiger charge is 2.14. The van der Waals surface area contributed by atoms with Gasteiger partial charge in [0.2, 0.25) is 0 Å². The Morgan fingerprint density at radius 3 is 1.67 bits per heavy atom. The van der Waals surface area contributed by atoms with Crippen LogP contribution in [0.2, 0.25) is 0 Å². The lowest BCUT2D eigenvalue weighted by Crippen LogP contribution is -2.18. The minimum absolute atomic E-state index is 0.352. The standard InChI is InChI=1S/C21H14N2O4/c24-20(26-16-5-7-18-14(11-16)3-1-9-22-18)13-21(25)27-17-6-8-19-15(12-17)4-2-10-23-19/h1-12H,13H2. The highest BCUT2D eigenvalue weighted by atomic mass is 16.6. The fraction of sp³-hybridized carbons (Fsp3) is 0.0476. The predicted molar refractivity (Wildman–Crippen MR) is 99.4 cm³/mol. The Hall–Kier alpha value is -3.80. The second-order valence-corrected chi connectivity index (χ2v) is 5.84. The lowest BCUT2D eigenvalue weighted by atomic mass is 10.2. The van der Waals surface area contributed by atoms with Gasteiger partial charge in [0.15, 0.2) is 0 Å². The molecule has 6 heteroatoms. The van der Waals surface area contributed by atoms with Crippen molar-refractivity contribution in [2.24, 2.45) is 0 Å². The lowest BCUT2D eigenvalue weighted by molar-refractivity contribution is -0.144. The van der Waals surface area contributed by atoms with Gasteiger partial charge in [-0.3, -0.25) is 19.6 Å². The van der Waals surface area contributed by atoms with Crippen molar-refractivity contribution in [2.75, 3.05) is 0 Å². The van der Waals surface area contributed by atoms with Gasteiger partial charge in [-0.15, -0.1) is 0 Å². The summed E-state index contributed by atoms with van der Waals surface area (Å²) in [6.45, 7) is 0. The number of hydrogen-bond donors (Lipinski definition) is 0. The smallest absolute Gasteiger partial charge is 0.322 e. The second kappa shape index (κ2) is 7.21. The quantitative estimate of drug-likeness (QED) is 0.315. The number of fused-ring (bicyclic) bond motifs is 2. The molecule has 0 unspecified atom stereocenters. The van der Waals surface area contributed by atoms with E-state index in [9.17, 15) is 9.59 Å². The minimum atomic E-state index is -0.689. The molecule has 0 amide bonds. The van der Waals surface area contributed by atoms with E-state index >= 15 is 0 Å². The molecule has 4 rings (SSSR count). The van der Waals surface area contributed by atoms with Gasteiger partial charge in [-0.2, -0.15) is 0 Å². The summed E-state index contributed by atoms with van der Waals surface area (Å²) in [5, 5.41) is 1.69. The molecule has 0 fully saturated rings. The zero-order valence-electron chi connectivity index (χ0n) is 14.2. The van der Waals surface area contributed by atoms with Gasteiger partial charge in [0.1, 0.15) is 17.9 Å². The maximum atomic E-state index is 12.0. The normalized spacial score (nSPS) is 10.7. The Morgan fingerprint density at radius 2 is 1.19 bits per heavy atom. The number of hydrogen-bond acceptors (Lipinski definition) is 6. The fourth-order valence-electron chi connectivity index (χ4n) is 2.69. The number of aromatic nitrogens is 2. The first kappa shape index (κ1) is 16.7. The van der Waals surface area contributed by atoms with E-state index in [0.717, 1.165) is 21.8 Å². The molecule has 0 saturated heterocycles. The van der Waals surface area contributed by atoms with Gasteiger partial charge < -0.3 is 9.47 Å². The van der Waals surface area contributed by atoms with E-state index in [4.69, 9.17) is 9.47 Å². The van der Waals surface area contributed by atoms with E-state index in [1.807, 2.05) is 12.1 Å². The first-order valence-electron chi connectivity index (χ1n) is 8.28. The number of esters is 2. The molecule has 4 aromatic rings. The van der Waals surface area contributed by atoms with Crippen LogP contribution >= 0.6 is 0 Å². The summed E-state index contributed by atoms with van der Waals surface area (Å²) in [7, 11) is 0. The van der Waals surface area contributed by atoms with Crippen LogP contribution in [0.15, 0.2) is 73.1 Å². The molecule has 0 aliphatic heterocycles. The molecule has 0 radical (unpaired) electrons. The van der Waals surface area contributed by atoms with Crippen LogP contribution in [0.3, 0.4) is 0 Å². The average Bonchev–Trinajstić information content (AvgIpc) is 2.67. The average molecular weight is 358 g/mol. The number of ether oxygens (including phenoxy) is 2. The van der Waals surface area contributed by atoms with Crippen molar-refractivity contribution in [1.29, 1.82) is 0 Å². The number of carbonyl (C=O) groups is 2. The van der Waals surface area contributed by atoms with Crippen LogP contribution in [0.5, 0.6) is 11.5 Å². The van der Waals surface area contributed by atoms with E-state index < -0.39 is 18.4 Å². The van der Waals surface area contributed by atoms with E-state index in [0.29, 0.717) is 11.5 Å². The van der Waals surface area contributed by atoms with Crippen molar-refractivity contribution >= 4 is 33.7 Å². The van der Waals surface area contributed by atoms with Gasteiger partial charge in [0, 0.05) is 23.2 Å². The summed E-state index contributed by atoms with van der Waals surface area (Å²) in [5.41, 5.74) is 1.59. The zero-order chi connectivity index (χ0) is 18.6. The van der Waals surface area contributed by atoms with Crippen LogP contribution in [0.4, 0.5) is 0 Å². The van der Waals surface area contributed by atoms with Gasteiger partial charge in [-0.25, -0.2) is 0 Å². The summed E-state index contributed by atoms with van der Waals surface area (Å²) in [4.78, 5) is 32.4. The van der Waals surface area contributed by atoms with Crippen molar-refractivity contribution in [1.82, 2.24) is 9.97 Å². The van der Waals surface area contributed by atoms with Gasteiger partial charge in [0.25, 0.3) is 0 Å². The molecular weight excluding hydrogens is 344 g/mol. The lowest BCUT2D eigenvalue weighted by Gasteiger charge is -2.07. The Kier molecular flexibility index (Phi) is 4.45. The molecule has 0 saturated carbocycles. The molecule has 0 bridgehead atoms. The number of carbonyl (C=O) groups excluding carboxylic acids is 2. The van der Waals surface area contributed by atoms with E-state index in [1.54, 1.807) is 60.9 Å². The molecule has 2 aromatic carbocycles. The van der Waals surface area contributed by atoms with Crippen molar-refractivity contribution < 1.29 is 19.1 Å². The van der Waals surface area contributed by atoms with E-state index in [-0.39, 0.29) is 0 Å². The Morgan fingerprint density at radius 1 is 0.704 bits per heavy atom. The molecule has 2 aromatic heterocycles. The molecule has 6 nitrogen and oxygen atoms in total. The summed E-state index contributed by atoms with van der Waals surface area (Å²) in [5.74, 6) is -0.674. The molecule has 0 aliphatic carbocycles. The predicted octanol–water partition coefficient (Wildman–Crippen LogP) is 3.68. The van der Waals surface area contributed by atoms with Gasteiger partial charge >= 0.3 is 11.9 Å². The third-order valence-corrected chi connectivity index (χ3v) is 3.90. The summed E-state index contributed by atoms with van der Waals surface area (Å²) < 4.78 is 10.4. The molecule has 0 spiro atoms. The van der Waals surface area contributed by atoms with Crippen LogP contribution in [0, 0.1) is 0 Å². The van der Waals surface area contributed by atoms with Gasteiger partial charge in [-0.05, 0) is 48.5 Å². The molecule has 2 heterocycles. The summed E-state index contributed by atoms with van der Waals surface area (Å²) in [6, 6.07) is 17.5. The molecule has 0 N–H and O–H groups in total. The van der Waals surface area contributed by atoms with Crippen molar-refractivity contribution in [2.45, 2.75) is 6.42 Å². The number of benzene rings is 2. The molecular formula is C21H14N2O4. The molecule has 0 atom stereocenters. The molecule has 27 heavy (non-hydrogen) atoms. The maximum absolute atomic E-state index is 12.0. The zero-order valence-corrected chi connectivity index (χ0v) is 14.2. The number of pyridine rings is 2. The van der Waals surface area contributed by atoms with Crippen molar-refractivity contribution in [3.63, 3.8) is 0 Å². The second-order valence-electron chi connectivity index (χ2n) is 5.84. The Labute approximate surface area is 154 Å². The third kappa shape index (κ3) is 3.90. The third-order valence-electron chi connectivity index (χ3n) is 3.90. The van der Waals surface area contributed by atoms with Gasteiger partial charge in [-0.1, -0.05) is 12.1 Å². The first-order valence-corrected chi connectivity index (χ1v) is 8.28. The number of nitrogens with zero attached hydrogens (tertiary/aromatic N) is 2. The van der Waals surface area contributed by atoms with Crippen LogP contribution in [0.1, 0.15) is 6.42 Å². The van der Waals surface area contributed by atoms with Crippen molar-refractivity contribution in [3.05, 3.63) is 73.1 Å². The van der Waals surface area contributed by atoms with Crippen molar-refractivity contribution in [3.8, 4) is 11.5 Å². The van der Waals surface area contributed by atoms with Crippen LogP contribution in [0.25, 0.3) is 21.8 Å². The van der Waals surface area contributed by atoms with E-state index in [1.165, 1.54) is 0 Å². The highest BCUT2D eigenvalue weighted by molar-refractivity contribution is 5.94. The maximum Gasteiger partial charge on any atom is 0.322 e. The first-order chi connectivity index (χ1) is 13.2. The van der Waals surface area contributed by atoms with Crippen LogP contribution < -0.4 is 9.47 Å². The Bertz CT molecular complexity index is 1070. The number of rotatable bonds is 4. The summed E-state index contributed by atoms with van der Waals surface area (Å²) >= 11 is 0. The molecule has 0 aliphatic rings. The Balaban J connectivity index is 1.39. The fourth-order valence-corrected chi connectivity index (χ4v) is 2.69. The van der Waals surface area contributed by atoms with E-state index in [2.05, 4.69) is 9.97 Å². The SMILES string of the molecule is O=C(CC(=O)Oc1ccc2ncccc2c1)Oc1ccc2ncccc2c1. The van der Waals surface area contributed by atoms with Crippen LogP contribution in [-0.2, 0) is 9.59 Å². The van der Waals surface area contributed by atoms with Gasteiger partial charge in [0.05, 0.1) is 11.0 Å². The molecule has 132 valence electrons. The highest BCUT2D eigenvalue weighted by Crippen LogP contribution is 2.21. The monoisotopic (exact) mass is 358 g/mol.